The first kappa shape index (κ1) is 14.9. The second-order valence-corrected chi connectivity index (χ2v) is 8.18. The molecule has 4 saturated carbocycles. The zero-order chi connectivity index (χ0) is 13.9. The Labute approximate surface area is 138 Å². The molecule has 1 aliphatic heterocycles. The van der Waals surface area contributed by atoms with E-state index in [1.165, 1.54) is 38.5 Å². The summed E-state index contributed by atoms with van der Waals surface area (Å²) in [5.41, 5.74) is 0.281. The van der Waals surface area contributed by atoms with Gasteiger partial charge in [-0.2, -0.15) is 4.98 Å². The van der Waals surface area contributed by atoms with E-state index >= 15 is 0 Å². The van der Waals surface area contributed by atoms with Crippen molar-refractivity contribution in [2.75, 3.05) is 13.1 Å². The zero-order valence-corrected chi connectivity index (χ0v) is 13.9. The van der Waals surface area contributed by atoms with Gasteiger partial charge in [0.2, 0.25) is 5.89 Å². The van der Waals surface area contributed by atoms with Gasteiger partial charge in [0.25, 0.3) is 0 Å². The first-order valence-corrected chi connectivity index (χ1v) is 8.85. The van der Waals surface area contributed by atoms with E-state index in [2.05, 4.69) is 10.5 Å². The van der Waals surface area contributed by atoms with E-state index in [1.54, 1.807) is 0 Å². The number of piperidine rings is 1. The Morgan fingerprint density at radius 1 is 0.955 bits per heavy atom. The van der Waals surface area contributed by atoms with Crippen LogP contribution in [-0.2, 0) is 5.41 Å². The van der Waals surface area contributed by atoms with Crippen LogP contribution in [0, 0.1) is 17.8 Å². The molecular weight excluding hydrogens is 298 g/mol. The van der Waals surface area contributed by atoms with Crippen molar-refractivity contribution in [1.82, 2.24) is 15.5 Å². The van der Waals surface area contributed by atoms with Gasteiger partial charge in [0.15, 0.2) is 5.82 Å². The fraction of sp³-hybridized carbons (Fsp3) is 0.882. The Morgan fingerprint density at radius 3 is 2.14 bits per heavy atom. The Hall–Kier alpha value is -0.610. The molecule has 4 nitrogen and oxygen atoms in total. The van der Waals surface area contributed by atoms with Crippen LogP contribution in [0.2, 0.25) is 0 Å². The van der Waals surface area contributed by atoms with Crippen LogP contribution in [0.4, 0.5) is 0 Å². The van der Waals surface area contributed by atoms with Gasteiger partial charge in [-0.05, 0) is 82.2 Å². The van der Waals surface area contributed by atoms with Gasteiger partial charge < -0.3 is 9.84 Å². The molecule has 4 bridgehead atoms. The lowest BCUT2D eigenvalue weighted by atomic mass is 9.49. The molecule has 0 amide bonds. The normalized spacial score (nSPS) is 40.6. The predicted molar refractivity (Wildman–Crippen MR) is 86.2 cm³/mol. The van der Waals surface area contributed by atoms with Crippen molar-refractivity contribution in [3.8, 4) is 0 Å². The highest BCUT2D eigenvalue weighted by atomic mass is 35.5. The molecule has 0 unspecified atom stereocenters. The third-order valence-corrected chi connectivity index (χ3v) is 6.64. The van der Waals surface area contributed by atoms with Gasteiger partial charge in [-0.3, -0.25) is 0 Å². The summed E-state index contributed by atoms with van der Waals surface area (Å²) in [5.74, 6) is 5.30. The summed E-state index contributed by atoms with van der Waals surface area (Å²) in [5, 5.41) is 7.88. The average Bonchev–Trinajstić information content (AvgIpc) is 2.97. The monoisotopic (exact) mass is 323 g/mol. The summed E-state index contributed by atoms with van der Waals surface area (Å²) in [4.78, 5) is 4.92. The minimum atomic E-state index is 0. The van der Waals surface area contributed by atoms with Gasteiger partial charge in [0.1, 0.15) is 0 Å². The Kier molecular flexibility index (Phi) is 3.73. The lowest BCUT2D eigenvalue weighted by Crippen LogP contribution is -2.49. The topological polar surface area (TPSA) is 51.0 Å². The van der Waals surface area contributed by atoms with Crippen molar-refractivity contribution in [3.63, 3.8) is 0 Å². The smallest absolute Gasteiger partial charge is 0.229 e. The summed E-state index contributed by atoms with van der Waals surface area (Å²) in [6.07, 6.45) is 10.7. The third-order valence-electron chi connectivity index (χ3n) is 6.64. The van der Waals surface area contributed by atoms with Gasteiger partial charge >= 0.3 is 0 Å². The minimum absolute atomic E-state index is 0. The van der Waals surface area contributed by atoms with Crippen LogP contribution in [0.25, 0.3) is 0 Å². The SMILES string of the molecule is C1CC(c2nc(C34CC5CC(CC(C5)C3)C4)no2)CCN1.Cl. The molecule has 1 aromatic heterocycles. The van der Waals surface area contributed by atoms with Gasteiger partial charge in [-0.25, -0.2) is 0 Å². The molecule has 0 radical (unpaired) electrons. The van der Waals surface area contributed by atoms with E-state index in [0.29, 0.717) is 5.92 Å². The van der Waals surface area contributed by atoms with Crippen LogP contribution in [0.15, 0.2) is 4.52 Å². The molecule has 22 heavy (non-hydrogen) atoms. The summed E-state index contributed by atoms with van der Waals surface area (Å²) in [6.45, 7) is 2.17. The van der Waals surface area contributed by atoms with E-state index < -0.39 is 0 Å². The molecule has 1 saturated heterocycles. The van der Waals surface area contributed by atoms with Crippen LogP contribution in [0.5, 0.6) is 0 Å². The first-order chi connectivity index (χ1) is 10.3. The number of aromatic nitrogens is 2. The van der Waals surface area contributed by atoms with Gasteiger partial charge in [-0.15, -0.1) is 12.4 Å². The number of nitrogens with one attached hydrogen (secondary N) is 1. The van der Waals surface area contributed by atoms with Gasteiger partial charge in [0, 0.05) is 11.3 Å². The molecular formula is C17H26ClN3O. The summed E-state index contributed by atoms with van der Waals surface area (Å²) >= 11 is 0. The second kappa shape index (κ2) is 5.48. The van der Waals surface area contributed by atoms with E-state index in [0.717, 1.165) is 55.4 Å². The highest BCUT2D eigenvalue weighted by Gasteiger charge is 2.53. The molecule has 2 heterocycles. The summed E-state index contributed by atoms with van der Waals surface area (Å²) < 4.78 is 5.70. The van der Waals surface area contributed by atoms with E-state index in [-0.39, 0.29) is 17.8 Å². The van der Waals surface area contributed by atoms with Crippen LogP contribution in [-0.4, -0.2) is 23.2 Å². The summed E-state index contributed by atoms with van der Waals surface area (Å²) in [7, 11) is 0. The largest absolute Gasteiger partial charge is 0.339 e. The van der Waals surface area contributed by atoms with Crippen LogP contribution >= 0.6 is 12.4 Å². The first-order valence-electron chi connectivity index (χ1n) is 8.85. The fourth-order valence-corrected chi connectivity index (χ4v) is 6.07. The lowest BCUT2D eigenvalue weighted by Gasteiger charge is -2.55. The maximum atomic E-state index is 5.70. The van der Waals surface area contributed by atoms with Crippen molar-refractivity contribution in [2.45, 2.75) is 62.7 Å². The van der Waals surface area contributed by atoms with Crippen LogP contribution in [0.1, 0.15) is 69.0 Å². The number of rotatable bonds is 2. The van der Waals surface area contributed by atoms with Gasteiger partial charge in [-0.1, -0.05) is 5.16 Å². The van der Waals surface area contributed by atoms with Crippen molar-refractivity contribution in [3.05, 3.63) is 11.7 Å². The molecule has 5 heteroatoms. The number of halogens is 1. The molecule has 0 aromatic carbocycles. The third kappa shape index (κ3) is 2.30. The molecule has 5 aliphatic rings. The van der Waals surface area contributed by atoms with Gasteiger partial charge in [0.05, 0.1) is 0 Å². The highest BCUT2D eigenvalue weighted by molar-refractivity contribution is 5.85. The average molecular weight is 324 g/mol. The molecule has 1 N–H and O–H groups in total. The minimum Gasteiger partial charge on any atom is -0.339 e. The van der Waals surface area contributed by atoms with E-state index in [1.807, 2.05) is 0 Å². The quantitative estimate of drug-likeness (QED) is 0.906. The van der Waals surface area contributed by atoms with E-state index in [9.17, 15) is 0 Å². The van der Waals surface area contributed by atoms with Crippen molar-refractivity contribution in [1.29, 1.82) is 0 Å². The Balaban J connectivity index is 0.00000125. The molecule has 0 spiro atoms. The fourth-order valence-electron chi connectivity index (χ4n) is 6.07. The number of hydrogen-bond acceptors (Lipinski definition) is 4. The molecule has 1 aromatic rings. The standard InChI is InChI=1S/C17H25N3O.ClH/c1-3-18-4-2-14(1)15-19-16(20-21-15)17-8-11-5-12(9-17)7-13(6-11)10-17;/h11-14,18H,1-10H2;1H. The molecule has 6 rings (SSSR count). The highest BCUT2D eigenvalue weighted by Crippen LogP contribution is 2.60. The predicted octanol–water partition coefficient (Wildman–Crippen LogP) is 3.43. The van der Waals surface area contributed by atoms with Crippen molar-refractivity contribution >= 4 is 12.4 Å². The van der Waals surface area contributed by atoms with Crippen LogP contribution in [0.3, 0.4) is 0 Å². The maximum Gasteiger partial charge on any atom is 0.229 e. The summed E-state index contributed by atoms with van der Waals surface area (Å²) in [6, 6.07) is 0. The van der Waals surface area contributed by atoms with Crippen molar-refractivity contribution in [2.24, 2.45) is 17.8 Å². The van der Waals surface area contributed by atoms with Crippen molar-refractivity contribution < 1.29 is 4.52 Å². The number of nitrogens with zero attached hydrogens (tertiary/aromatic N) is 2. The second-order valence-electron chi connectivity index (χ2n) is 8.18. The number of hydrogen-bond donors (Lipinski definition) is 1. The van der Waals surface area contributed by atoms with E-state index in [4.69, 9.17) is 9.51 Å². The molecule has 0 atom stereocenters. The lowest BCUT2D eigenvalue weighted by molar-refractivity contribution is -0.0103. The molecule has 4 aliphatic carbocycles. The maximum absolute atomic E-state index is 5.70. The van der Waals surface area contributed by atoms with Crippen LogP contribution < -0.4 is 5.32 Å². The molecule has 5 fully saturated rings. The zero-order valence-electron chi connectivity index (χ0n) is 13.1. The Morgan fingerprint density at radius 2 is 1.55 bits per heavy atom. The molecule has 122 valence electrons. The Bertz CT molecular complexity index is 502.